The van der Waals surface area contributed by atoms with Crippen molar-refractivity contribution >= 4 is 137 Å². The van der Waals surface area contributed by atoms with Crippen LogP contribution in [0.25, 0.3) is 0 Å². The molecule has 6 bridgehead atoms. The van der Waals surface area contributed by atoms with Crippen LogP contribution in [0.15, 0.2) is 303 Å². The Hall–Kier alpha value is -10.2. The Labute approximate surface area is 472 Å². The summed E-state index contributed by atoms with van der Waals surface area (Å²) in [4.78, 5) is 14.1. The van der Waals surface area contributed by atoms with E-state index < -0.39 is 0 Å². The van der Waals surface area contributed by atoms with Gasteiger partial charge in [-0.3, -0.25) is 0 Å². The van der Waals surface area contributed by atoms with E-state index in [0.717, 1.165) is 51.2 Å². The van der Waals surface area contributed by atoms with Crippen LogP contribution in [0.1, 0.15) is 0 Å². The van der Waals surface area contributed by atoms with Gasteiger partial charge >= 0.3 is 0 Å². The topological polar surface area (TPSA) is 19.4 Å². The van der Waals surface area contributed by atoms with Gasteiger partial charge in [0.25, 0.3) is 6.71 Å². The molecule has 12 aromatic rings. The fourth-order valence-corrected chi connectivity index (χ4v) is 12.8. The molecule has 4 aliphatic heterocycles. The third-order valence-corrected chi connectivity index (χ3v) is 16.1. The maximum Gasteiger partial charge on any atom is 0.257 e. The lowest BCUT2D eigenvalue weighted by atomic mass is 9.32. The van der Waals surface area contributed by atoms with Crippen LogP contribution in [0.3, 0.4) is 0 Å². The summed E-state index contributed by atoms with van der Waals surface area (Å²) >= 11 is 7.38. The van der Waals surface area contributed by atoms with Gasteiger partial charge in [-0.1, -0.05) is 157 Å². The van der Waals surface area contributed by atoms with E-state index in [1.165, 1.54) is 67.6 Å². The number of benzene rings is 12. The van der Waals surface area contributed by atoms with Crippen molar-refractivity contribution < 1.29 is 0 Å². The minimum absolute atomic E-state index is 0.142. The summed E-state index contributed by atoms with van der Waals surface area (Å²) in [5, 5.41) is 0.673. The van der Waals surface area contributed by atoms with Gasteiger partial charge < -0.3 is 29.4 Å². The zero-order valence-electron chi connectivity index (χ0n) is 43.5. The van der Waals surface area contributed by atoms with Crippen LogP contribution < -0.4 is 45.8 Å². The van der Waals surface area contributed by atoms with Crippen molar-refractivity contribution in [1.82, 2.24) is 0 Å². The van der Waals surface area contributed by atoms with E-state index in [1.807, 2.05) is 12.1 Å². The van der Waals surface area contributed by atoms with E-state index in [4.69, 9.17) is 11.6 Å². The third-order valence-electron chi connectivity index (χ3n) is 15.7. The van der Waals surface area contributed by atoms with Crippen LogP contribution in [-0.2, 0) is 0 Å². The molecule has 4 aliphatic rings. The van der Waals surface area contributed by atoms with Gasteiger partial charge in [-0.05, 0) is 174 Å². The smallest absolute Gasteiger partial charge is 0.257 e. The molecular formula is C72H50BClN6. The lowest BCUT2D eigenvalue weighted by molar-refractivity contribution is 1.22. The molecule has 378 valence electrons. The highest BCUT2D eigenvalue weighted by Crippen LogP contribution is 2.52. The first kappa shape index (κ1) is 47.0. The van der Waals surface area contributed by atoms with Gasteiger partial charge in [0.15, 0.2) is 0 Å². The van der Waals surface area contributed by atoms with E-state index in [9.17, 15) is 0 Å². The number of hydrogen-bond acceptors (Lipinski definition) is 6. The minimum Gasteiger partial charge on any atom is -0.311 e. The summed E-state index contributed by atoms with van der Waals surface area (Å²) in [6, 6.07) is 108. The zero-order chi connectivity index (χ0) is 53.1. The molecule has 0 unspecified atom stereocenters. The SMILES string of the molecule is Clc1c2cccc1N(c1ccccc1)c1cccc(c1)N(c1ccccc1)c1cccc(c1)N2c1ccccc1.c1ccc(N2c3cccc4c3B3c5c2cccc5N(c2ccccc2)c2cccc(c23)N4c2ccccc2)cc1. The van der Waals surface area contributed by atoms with Gasteiger partial charge in [-0.15, -0.1) is 0 Å². The van der Waals surface area contributed by atoms with E-state index in [-0.39, 0.29) is 6.71 Å². The molecule has 12 aromatic carbocycles. The van der Waals surface area contributed by atoms with Gasteiger partial charge in [-0.25, -0.2) is 0 Å². The molecule has 0 fully saturated rings. The van der Waals surface area contributed by atoms with Crippen molar-refractivity contribution in [2.24, 2.45) is 0 Å². The first-order chi connectivity index (χ1) is 39.7. The van der Waals surface area contributed by atoms with Crippen LogP contribution in [0.5, 0.6) is 0 Å². The standard InChI is InChI=1S/C36H24BN3.C36H26ClN3/c1-4-13-25(14-5-1)38-28-19-10-21-30-34(28)37-35-29(38)20-11-22-31(35)40(27-17-8-3-9-18-27)33-24-12-23-32(36(33)37)39(30)26-15-6-2-7-16-26;37-36-34-23-12-24-35(36)40(29-17-8-3-9-18-29)33-22-11-20-31(26-33)38(27-13-4-1-5-14-27)30-19-10-21-32(25-30)39(34)28-15-6-2-7-16-28/h1-24H;1-26H. The number of nitrogens with zero attached hydrogens (tertiary/aromatic N) is 6. The predicted octanol–water partition coefficient (Wildman–Crippen LogP) is 18.6. The van der Waals surface area contributed by atoms with Crippen LogP contribution in [0.2, 0.25) is 5.02 Å². The molecule has 4 heterocycles. The fourth-order valence-electron chi connectivity index (χ4n) is 12.5. The molecule has 0 atom stereocenters. The van der Waals surface area contributed by atoms with Gasteiger partial charge in [-0.2, -0.15) is 0 Å². The lowest BCUT2D eigenvalue weighted by Gasteiger charge is -2.49. The molecule has 0 amide bonds. The molecule has 0 saturated heterocycles. The van der Waals surface area contributed by atoms with E-state index >= 15 is 0 Å². The molecule has 0 saturated carbocycles. The molecule has 16 rings (SSSR count). The summed E-state index contributed by atoms with van der Waals surface area (Å²) in [7, 11) is 0. The fraction of sp³-hybridized carbons (Fsp3) is 0. The Morgan fingerprint density at radius 3 is 0.662 bits per heavy atom. The Bertz CT molecular complexity index is 3840. The average molecular weight is 1050 g/mol. The van der Waals surface area contributed by atoms with Crippen LogP contribution >= 0.6 is 11.6 Å². The highest BCUT2D eigenvalue weighted by Gasteiger charge is 2.49. The van der Waals surface area contributed by atoms with E-state index in [1.54, 1.807) is 0 Å². The second-order valence-corrected chi connectivity index (χ2v) is 20.6. The van der Waals surface area contributed by atoms with Crippen LogP contribution in [0.4, 0.5) is 102 Å². The first-order valence-electron chi connectivity index (χ1n) is 27.2. The number of para-hydroxylation sites is 6. The maximum absolute atomic E-state index is 7.38. The van der Waals surface area contributed by atoms with Crippen molar-refractivity contribution in [2.75, 3.05) is 29.4 Å². The summed E-state index contributed by atoms with van der Waals surface area (Å²) in [6.45, 7) is 0.142. The van der Waals surface area contributed by atoms with Crippen molar-refractivity contribution in [3.63, 3.8) is 0 Å². The molecular weight excluding hydrogens is 995 g/mol. The molecule has 0 radical (unpaired) electrons. The molecule has 0 spiro atoms. The number of rotatable bonds is 6. The zero-order valence-corrected chi connectivity index (χ0v) is 44.3. The number of fused-ring (bicyclic) bond motifs is 6. The second-order valence-electron chi connectivity index (χ2n) is 20.2. The summed E-state index contributed by atoms with van der Waals surface area (Å²) < 4.78 is 0. The highest BCUT2D eigenvalue weighted by atomic mass is 35.5. The Morgan fingerprint density at radius 1 is 0.188 bits per heavy atom. The molecule has 8 heteroatoms. The van der Waals surface area contributed by atoms with Gasteiger partial charge in [0.05, 0.1) is 16.4 Å². The van der Waals surface area contributed by atoms with Crippen molar-refractivity contribution in [2.45, 2.75) is 0 Å². The molecule has 0 aromatic heterocycles. The average Bonchev–Trinajstić information content (AvgIpc) is 3.59. The molecule has 80 heavy (non-hydrogen) atoms. The van der Waals surface area contributed by atoms with E-state index in [0.29, 0.717) is 5.02 Å². The van der Waals surface area contributed by atoms with Gasteiger partial charge in [0, 0.05) is 91.0 Å². The van der Waals surface area contributed by atoms with Gasteiger partial charge in [0.1, 0.15) is 0 Å². The summed E-state index contributed by atoms with van der Waals surface area (Å²) in [6.07, 6.45) is 0. The number of hydrogen-bond donors (Lipinski definition) is 0. The Kier molecular flexibility index (Phi) is 11.6. The maximum atomic E-state index is 7.38. The predicted molar refractivity (Wildman–Crippen MR) is 338 cm³/mol. The summed E-state index contributed by atoms with van der Waals surface area (Å²) in [5.41, 5.74) is 24.2. The minimum atomic E-state index is 0.142. The molecule has 6 nitrogen and oxygen atoms in total. The second kappa shape index (κ2) is 19.7. The Morgan fingerprint density at radius 2 is 0.388 bits per heavy atom. The monoisotopic (exact) mass is 1040 g/mol. The molecule has 0 N–H and O–H groups in total. The highest BCUT2D eigenvalue weighted by molar-refractivity contribution is 7.02. The van der Waals surface area contributed by atoms with Crippen molar-refractivity contribution in [1.29, 1.82) is 0 Å². The normalized spacial score (nSPS) is 13.1. The van der Waals surface area contributed by atoms with Crippen molar-refractivity contribution in [3.05, 3.63) is 308 Å². The van der Waals surface area contributed by atoms with Crippen LogP contribution in [-0.4, -0.2) is 6.71 Å². The quantitative estimate of drug-likeness (QED) is 0.154. The summed E-state index contributed by atoms with van der Waals surface area (Å²) in [5.74, 6) is 0. The van der Waals surface area contributed by atoms with Crippen molar-refractivity contribution in [3.8, 4) is 0 Å². The Balaban J connectivity index is 0.000000138. The number of anilines is 18. The van der Waals surface area contributed by atoms with E-state index in [2.05, 4.69) is 321 Å². The largest absolute Gasteiger partial charge is 0.311 e. The number of halogens is 1. The van der Waals surface area contributed by atoms with Crippen LogP contribution in [0, 0.1) is 0 Å². The first-order valence-corrected chi connectivity index (χ1v) is 27.5. The third kappa shape index (κ3) is 7.73. The molecule has 0 aliphatic carbocycles. The lowest BCUT2D eigenvalue weighted by Crippen LogP contribution is -2.64. The van der Waals surface area contributed by atoms with Gasteiger partial charge in [0.2, 0.25) is 0 Å².